The van der Waals surface area contributed by atoms with Gasteiger partial charge in [0, 0.05) is 25.4 Å². The third kappa shape index (κ3) is 2.79. The van der Waals surface area contributed by atoms with Gasteiger partial charge in [-0.2, -0.15) is 13.2 Å². The molecule has 0 N–H and O–H groups in total. The molecule has 6 heteroatoms. The van der Waals surface area contributed by atoms with E-state index >= 15 is 0 Å². The maximum atomic E-state index is 13.0. The molecule has 1 spiro atoms. The number of alkyl halides is 3. The molecule has 27 heavy (non-hydrogen) atoms. The standard InChI is InChI=1S/C21H25F3N2O/c22-21(23,24)16-4-1-14(2-5-16)19-15-3-6-17(13-15)20(19)8-7-18(25-20)26-9-11-27-12-10-26/h1-2,4-5,15,17,19H,3,6-13H2. The van der Waals surface area contributed by atoms with Crippen molar-refractivity contribution in [1.82, 2.24) is 4.90 Å². The molecule has 4 aliphatic rings. The molecular formula is C21H25F3N2O. The first-order chi connectivity index (χ1) is 13.0. The van der Waals surface area contributed by atoms with Gasteiger partial charge >= 0.3 is 6.18 Å². The van der Waals surface area contributed by atoms with E-state index in [1.54, 1.807) is 12.1 Å². The summed E-state index contributed by atoms with van der Waals surface area (Å²) in [5.74, 6) is 2.59. The Morgan fingerprint density at radius 2 is 1.81 bits per heavy atom. The molecule has 3 fully saturated rings. The fourth-order valence-electron chi connectivity index (χ4n) is 6.11. The van der Waals surface area contributed by atoms with E-state index in [1.807, 2.05) is 0 Å². The van der Waals surface area contributed by atoms with Gasteiger partial charge < -0.3 is 9.64 Å². The second kappa shape index (κ2) is 6.23. The average molecular weight is 378 g/mol. The van der Waals surface area contributed by atoms with Crippen LogP contribution < -0.4 is 0 Å². The molecule has 2 heterocycles. The Labute approximate surface area is 157 Å². The smallest absolute Gasteiger partial charge is 0.378 e. The lowest BCUT2D eigenvalue weighted by Gasteiger charge is -2.39. The number of fused-ring (bicyclic) bond motifs is 3. The number of benzene rings is 1. The van der Waals surface area contributed by atoms with E-state index in [0.717, 1.165) is 44.7 Å². The highest BCUT2D eigenvalue weighted by molar-refractivity contribution is 5.85. The van der Waals surface area contributed by atoms with Crippen LogP contribution in [0.5, 0.6) is 0 Å². The minimum Gasteiger partial charge on any atom is -0.378 e. The molecule has 1 aromatic carbocycles. The monoisotopic (exact) mass is 378 g/mol. The highest BCUT2D eigenvalue weighted by Gasteiger charge is 2.60. The van der Waals surface area contributed by atoms with E-state index in [-0.39, 0.29) is 11.5 Å². The maximum Gasteiger partial charge on any atom is 0.416 e. The van der Waals surface area contributed by atoms with Crippen LogP contribution in [0.4, 0.5) is 13.2 Å². The zero-order valence-corrected chi connectivity index (χ0v) is 15.3. The van der Waals surface area contributed by atoms with Crippen molar-refractivity contribution in [2.24, 2.45) is 16.8 Å². The summed E-state index contributed by atoms with van der Waals surface area (Å²) in [7, 11) is 0. The van der Waals surface area contributed by atoms with Crippen molar-refractivity contribution in [3.05, 3.63) is 35.4 Å². The first kappa shape index (κ1) is 17.5. The summed E-state index contributed by atoms with van der Waals surface area (Å²) in [6, 6.07) is 5.91. The van der Waals surface area contributed by atoms with Gasteiger partial charge in [0.05, 0.1) is 30.2 Å². The van der Waals surface area contributed by atoms with Gasteiger partial charge in [0.25, 0.3) is 0 Å². The summed E-state index contributed by atoms with van der Waals surface area (Å²) < 4.78 is 44.3. The Bertz CT molecular complexity index is 739. The van der Waals surface area contributed by atoms with Gasteiger partial charge in [-0.05, 0) is 55.2 Å². The molecule has 1 aromatic rings. The molecule has 0 amide bonds. The van der Waals surface area contributed by atoms with Gasteiger partial charge in [-0.3, -0.25) is 4.99 Å². The molecule has 5 rings (SSSR count). The third-order valence-corrected chi connectivity index (χ3v) is 7.25. The number of aliphatic imine (C=N–C) groups is 1. The largest absolute Gasteiger partial charge is 0.416 e. The summed E-state index contributed by atoms with van der Waals surface area (Å²) in [5, 5.41) is 0. The molecule has 4 unspecified atom stereocenters. The first-order valence-electron chi connectivity index (χ1n) is 10.1. The van der Waals surface area contributed by atoms with Crippen LogP contribution in [0.3, 0.4) is 0 Å². The van der Waals surface area contributed by atoms with Crippen LogP contribution in [0.2, 0.25) is 0 Å². The van der Waals surface area contributed by atoms with Gasteiger partial charge in [0.15, 0.2) is 0 Å². The second-order valence-electron chi connectivity index (χ2n) is 8.49. The van der Waals surface area contributed by atoms with Crippen LogP contribution >= 0.6 is 0 Å². The Morgan fingerprint density at radius 3 is 2.52 bits per heavy atom. The van der Waals surface area contributed by atoms with Crippen LogP contribution in [0.25, 0.3) is 0 Å². The molecular weight excluding hydrogens is 353 g/mol. The van der Waals surface area contributed by atoms with Gasteiger partial charge in [-0.1, -0.05) is 12.1 Å². The van der Waals surface area contributed by atoms with Crippen LogP contribution in [-0.4, -0.2) is 42.6 Å². The average Bonchev–Trinajstić information content (AvgIpc) is 3.37. The van der Waals surface area contributed by atoms with Gasteiger partial charge in [0.2, 0.25) is 0 Å². The van der Waals surface area contributed by atoms with Crippen molar-refractivity contribution in [1.29, 1.82) is 0 Å². The zero-order chi connectivity index (χ0) is 18.6. The van der Waals surface area contributed by atoms with Gasteiger partial charge in [-0.15, -0.1) is 0 Å². The number of amidine groups is 1. The number of hydrogen-bond acceptors (Lipinski definition) is 3. The quantitative estimate of drug-likeness (QED) is 0.720. The van der Waals surface area contributed by atoms with Crippen LogP contribution in [0.1, 0.15) is 49.1 Å². The van der Waals surface area contributed by atoms with Crippen molar-refractivity contribution in [3.8, 4) is 0 Å². The van der Waals surface area contributed by atoms with Crippen molar-refractivity contribution in [3.63, 3.8) is 0 Å². The fraction of sp³-hybridized carbons (Fsp3) is 0.667. The van der Waals surface area contributed by atoms with Gasteiger partial charge in [0.1, 0.15) is 0 Å². The van der Waals surface area contributed by atoms with Crippen molar-refractivity contribution >= 4 is 5.84 Å². The number of rotatable bonds is 1. The summed E-state index contributed by atoms with van der Waals surface area (Å²) >= 11 is 0. The first-order valence-corrected chi connectivity index (χ1v) is 10.1. The molecule has 3 nitrogen and oxygen atoms in total. The number of hydrogen-bond donors (Lipinski definition) is 0. The van der Waals surface area contributed by atoms with Crippen molar-refractivity contribution in [2.75, 3.05) is 26.3 Å². The topological polar surface area (TPSA) is 24.8 Å². The third-order valence-electron chi connectivity index (χ3n) is 7.25. The van der Waals surface area contributed by atoms with Crippen LogP contribution in [0.15, 0.2) is 29.3 Å². The summed E-state index contributed by atoms with van der Waals surface area (Å²) in [5.41, 5.74) is 0.380. The Kier molecular flexibility index (Phi) is 4.04. The molecule has 4 atom stereocenters. The van der Waals surface area contributed by atoms with E-state index < -0.39 is 11.7 Å². The molecule has 0 aromatic heterocycles. The minimum absolute atomic E-state index is 0.101. The lowest BCUT2D eigenvalue weighted by Crippen LogP contribution is -2.41. The number of ether oxygens (including phenoxy) is 1. The molecule has 2 aliphatic carbocycles. The lowest BCUT2D eigenvalue weighted by molar-refractivity contribution is -0.137. The van der Waals surface area contributed by atoms with E-state index in [0.29, 0.717) is 11.8 Å². The van der Waals surface area contributed by atoms with E-state index in [9.17, 15) is 13.2 Å². The van der Waals surface area contributed by atoms with Crippen molar-refractivity contribution in [2.45, 2.75) is 49.7 Å². The molecule has 2 saturated carbocycles. The Balaban J connectivity index is 1.47. The van der Waals surface area contributed by atoms with Crippen molar-refractivity contribution < 1.29 is 17.9 Å². The maximum absolute atomic E-state index is 13.0. The van der Waals surface area contributed by atoms with Gasteiger partial charge in [-0.25, -0.2) is 0 Å². The molecule has 1 saturated heterocycles. The Hall–Kier alpha value is -1.56. The zero-order valence-electron chi connectivity index (χ0n) is 15.3. The normalized spacial score (nSPS) is 35.9. The summed E-state index contributed by atoms with van der Waals surface area (Å²) in [6.07, 6.45) is 1.31. The number of morpholine rings is 1. The fourth-order valence-corrected chi connectivity index (χ4v) is 6.11. The second-order valence-corrected chi connectivity index (χ2v) is 8.49. The van der Waals surface area contributed by atoms with Crippen LogP contribution in [-0.2, 0) is 10.9 Å². The number of halogens is 3. The highest BCUT2D eigenvalue weighted by Crippen LogP contribution is 2.63. The van der Waals surface area contributed by atoms with E-state index in [2.05, 4.69) is 4.90 Å². The molecule has 2 bridgehead atoms. The van der Waals surface area contributed by atoms with E-state index in [1.165, 1.54) is 37.2 Å². The molecule has 0 radical (unpaired) electrons. The predicted octanol–water partition coefficient (Wildman–Crippen LogP) is 4.48. The highest BCUT2D eigenvalue weighted by atomic mass is 19.4. The molecule has 2 aliphatic heterocycles. The predicted molar refractivity (Wildman–Crippen MR) is 96.8 cm³/mol. The van der Waals surface area contributed by atoms with E-state index in [4.69, 9.17) is 9.73 Å². The molecule has 146 valence electrons. The summed E-state index contributed by atoms with van der Waals surface area (Å²) in [4.78, 5) is 7.67. The lowest BCUT2D eigenvalue weighted by atomic mass is 9.69. The van der Waals surface area contributed by atoms with Crippen LogP contribution in [0, 0.1) is 11.8 Å². The number of nitrogens with zero attached hydrogens (tertiary/aromatic N) is 2. The SMILES string of the molecule is FC(F)(F)c1ccc(C2C3CCC(C3)C23CCC(N2CCOCC2)=N3)cc1. The summed E-state index contributed by atoms with van der Waals surface area (Å²) in [6.45, 7) is 3.29. The Morgan fingerprint density at radius 1 is 1.07 bits per heavy atom. The minimum atomic E-state index is -4.28.